The van der Waals surface area contributed by atoms with Crippen LogP contribution < -0.4 is 15.5 Å². The van der Waals surface area contributed by atoms with E-state index < -0.39 is 11.8 Å². The molecule has 174 valence electrons. The van der Waals surface area contributed by atoms with Crippen LogP contribution in [0, 0.1) is 0 Å². The van der Waals surface area contributed by atoms with E-state index >= 15 is 0 Å². The van der Waals surface area contributed by atoms with Crippen molar-refractivity contribution in [3.05, 3.63) is 29.8 Å². The van der Waals surface area contributed by atoms with E-state index in [1.165, 1.54) is 0 Å². The predicted molar refractivity (Wildman–Crippen MR) is 126 cm³/mol. The molecule has 1 aromatic carbocycles. The summed E-state index contributed by atoms with van der Waals surface area (Å²) in [4.78, 5) is 33.6. The number of amides is 2. The lowest BCUT2D eigenvalue weighted by Gasteiger charge is -2.38. The fourth-order valence-electron chi connectivity index (χ4n) is 3.80. The summed E-state index contributed by atoms with van der Waals surface area (Å²) >= 11 is 0. The summed E-state index contributed by atoms with van der Waals surface area (Å²) in [6.07, 6.45) is 0. The largest absolute Gasteiger partial charge is 0.378 e. The van der Waals surface area contributed by atoms with Crippen molar-refractivity contribution in [1.29, 1.82) is 0 Å². The quantitative estimate of drug-likeness (QED) is 0.528. The summed E-state index contributed by atoms with van der Waals surface area (Å²) in [5.41, 5.74) is 2.29. The second-order valence-corrected chi connectivity index (χ2v) is 8.33. The minimum Gasteiger partial charge on any atom is -0.378 e. The Morgan fingerprint density at radius 3 is 2.10 bits per heavy atom. The smallest absolute Gasteiger partial charge is 0.309 e. The molecule has 0 aromatic heterocycles. The molecule has 0 aliphatic carbocycles. The number of carbonyl (C=O) groups excluding carboxylic acids is 2. The summed E-state index contributed by atoms with van der Waals surface area (Å²) in [7, 11) is 6.17. The topological polar surface area (TPSA) is 71.2 Å². The molecule has 2 amide bonds. The molecule has 0 spiro atoms. The monoisotopic (exact) mass is 432 g/mol. The Kier molecular flexibility index (Phi) is 10.2. The van der Waals surface area contributed by atoms with Crippen molar-refractivity contribution in [3.63, 3.8) is 0 Å². The average molecular weight is 433 g/mol. The molecule has 0 saturated carbocycles. The van der Waals surface area contributed by atoms with Crippen molar-refractivity contribution in [2.75, 3.05) is 84.9 Å². The van der Waals surface area contributed by atoms with Crippen LogP contribution in [-0.2, 0) is 9.59 Å². The number of anilines is 1. The molecule has 1 heterocycles. The van der Waals surface area contributed by atoms with E-state index in [0.717, 1.165) is 57.1 Å². The highest BCUT2D eigenvalue weighted by molar-refractivity contribution is 6.35. The first-order valence-corrected chi connectivity index (χ1v) is 11.3. The molecule has 2 N–H and O–H groups in total. The highest BCUT2D eigenvalue weighted by Gasteiger charge is 2.25. The number of hydrogen-bond donors (Lipinski definition) is 2. The third kappa shape index (κ3) is 7.79. The van der Waals surface area contributed by atoms with Crippen LogP contribution >= 0.6 is 0 Å². The summed E-state index contributed by atoms with van der Waals surface area (Å²) in [6, 6.07) is 8.47. The van der Waals surface area contributed by atoms with Crippen molar-refractivity contribution in [3.8, 4) is 0 Å². The van der Waals surface area contributed by atoms with Gasteiger partial charge in [0.05, 0.1) is 6.04 Å². The van der Waals surface area contributed by atoms with Gasteiger partial charge < -0.3 is 25.3 Å². The van der Waals surface area contributed by atoms with Gasteiger partial charge in [0, 0.05) is 65.6 Å². The van der Waals surface area contributed by atoms with Crippen LogP contribution in [0.4, 0.5) is 5.69 Å². The first-order chi connectivity index (χ1) is 14.8. The SMILES string of the molecule is CCN(CC)CCNC(=O)C(=O)NC[C@H](c1ccc(N(C)C)cc1)N1CCN(C)CC1. The van der Waals surface area contributed by atoms with Gasteiger partial charge >= 0.3 is 11.8 Å². The summed E-state index contributed by atoms with van der Waals surface area (Å²) in [6.45, 7) is 11.5. The molecule has 1 saturated heterocycles. The van der Waals surface area contributed by atoms with Crippen molar-refractivity contribution in [2.45, 2.75) is 19.9 Å². The zero-order valence-electron chi connectivity index (χ0n) is 19.9. The number of rotatable bonds is 10. The first kappa shape index (κ1) is 25.1. The molecule has 1 fully saturated rings. The number of hydrogen-bond acceptors (Lipinski definition) is 6. The molecular formula is C23H40N6O2. The van der Waals surface area contributed by atoms with Gasteiger partial charge in [-0.05, 0) is 37.8 Å². The fraction of sp³-hybridized carbons (Fsp3) is 0.652. The maximum atomic E-state index is 12.4. The van der Waals surface area contributed by atoms with Gasteiger partial charge in [-0.1, -0.05) is 26.0 Å². The molecule has 1 atom stereocenters. The number of piperazine rings is 1. The van der Waals surface area contributed by atoms with Gasteiger partial charge in [-0.3, -0.25) is 14.5 Å². The van der Waals surface area contributed by atoms with E-state index in [1.807, 2.05) is 14.1 Å². The Morgan fingerprint density at radius 1 is 0.968 bits per heavy atom. The maximum Gasteiger partial charge on any atom is 0.309 e. The Morgan fingerprint density at radius 2 is 1.55 bits per heavy atom. The van der Waals surface area contributed by atoms with Crippen LogP contribution in [0.1, 0.15) is 25.5 Å². The normalized spacial score (nSPS) is 16.2. The lowest BCUT2D eigenvalue weighted by molar-refractivity contribution is -0.139. The summed E-state index contributed by atoms with van der Waals surface area (Å²) in [5, 5.41) is 5.59. The summed E-state index contributed by atoms with van der Waals surface area (Å²) in [5.74, 6) is -1.13. The van der Waals surface area contributed by atoms with E-state index in [2.05, 4.69) is 75.4 Å². The predicted octanol–water partition coefficient (Wildman–Crippen LogP) is 0.615. The fourth-order valence-corrected chi connectivity index (χ4v) is 3.80. The molecule has 8 heteroatoms. The van der Waals surface area contributed by atoms with Crippen LogP contribution in [0.15, 0.2) is 24.3 Å². The van der Waals surface area contributed by atoms with E-state index in [-0.39, 0.29) is 6.04 Å². The first-order valence-electron chi connectivity index (χ1n) is 11.3. The van der Waals surface area contributed by atoms with Crippen LogP contribution in [0.5, 0.6) is 0 Å². The average Bonchev–Trinajstić information content (AvgIpc) is 2.78. The van der Waals surface area contributed by atoms with Gasteiger partial charge in [0.25, 0.3) is 0 Å². The molecule has 31 heavy (non-hydrogen) atoms. The molecular weight excluding hydrogens is 392 g/mol. The van der Waals surface area contributed by atoms with Gasteiger partial charge in [0.2, 0.25) is 0 Å². The number of nitrogens with zero attached hydrogens (tertiary/aromatic N) is 4. The molecule has 2 rings (SSSR count). The van der Waals surface area contributed by atoms with Gasteiger partial charge in [0.15, 0.2) is 0 Å². The van der Waals surface area contributed by atoms with Crippen LogP contribution in [-0.4, -0.2) is 107 Å². The third-order valence-corrected chi connectivity index (χ3v) is 6.04. The molecule has 1 aromatic rings. The highest BCUT2D eigenvalue weighted by atomic mass is 16.2. The zero-order chi connectivity index (χ0) is 22.8. The minimum absolute atomic E-state index is 0.0392. The number of likely N-dealkylation sites (N-methyl/N-ethyl adjacent to an activating group) is 2. The number of carbonyl (C=O) groups is 2. The molecule has 0 unspecified atom stereocenters. The molecule has 0 radical (unpaired) electrons. The van der Waals surface area contributed by atoms with Crippen LogP contribution in [0.2, 0.25) is 0 Å². The van der Waals surface area contributed by atoms with Gasteiger partial charge in [-0.2, -0.15) is 0 Å². The zero-order valence-corrected chi connectivity index (χ0v) is 19.9. The van der Waals surface area contributed by atoms with Crippen molar-refractivity contribution in [2.24, 2.45) is 0 Å². The van der Waals surface area contributed by atoms with E-state index in [1.54, 1.807) is 0 Å². The second kappa shape index (κ2) is 12.6. The van der Waals surface area contributed by atoms with E-state index in [9.17, 15) is 9.59 Å². The lowest BCUT2D eigenvalue weighted by Crippen LogP contribution is -2.50. The van der Waals surface area contributed by atoms with E-state index in [0.29, 0.717) is 13.1 Å². The number of benzene rings is 1. The van der Waals surface area contributed by atoms with Crippen molar-refractivity contribution < 1.29 is 9.59 Å². The van der Waals surface area contributed by atoms with Crippen LogP contribution in [0.25, 0.3) is 0 Å². The molecule has 8 nitrogen and oxygen atoms in total. The van der Waals surface area contributed by atoms with E-state index in [4.69, 9.17) is 0 Å². The van der Waals surface area contributed by atoms with Crippen molar-refractivity contribution >= 4 is 17.5 Å². The van der Waals surface area contributed by atoms with Gasteiger partial charge in [0.1, 0.15) is 0 Å². The Balaban J connectivity index is 1.97. The second-order valence-electron chi connectivity index (χ2n) is 8.33. The minimum atomic E-state index is -0.566. The lowest BCUT2D eigenvalue weighted by atomic mass is 10.0. The standard InChI is InChI=1S/C23H40N6O2/c1-6-28(7-2)13-12-24-22(30)23(31)25-18-21(29-16-14-27(5)15-17-29)19-8-10-20(11-9-19)26(3)4/h8-11,21H,6-7,12-18H2,1-5H3,(H,24,30)(H,25,31)/t21-/m1/s1. The molecule has 0 bridgehead atoms. The highest BCUT2D eigenvalue weighted by Crippen LogP contribution is 2.24. The van der Waals surface area contributed by atoms with Crippen LogP contribution in [0.3, 0.4) is 0 Å². The molecule has 1 aliphatic rings. The Labute approximate surface area is 187 Å². The number of nitrogens with one attached hydrogen (secondary N) is 2. The molecule has 1 aliphatic heterocycles. The third-order valence-electron chi connectivity index (χ3n) is 6.04. The summed E-state index contributed by atoms with van der Waals surface area (Å²) < 4.78 is 0. The maximum absolute atomic E-state index is 12.4. The Bertz CT molecular complexity index is 682. The van der Waals surface area contributed by atoms with Gasteiger partial charge in [-0.25, -0.2) is 0 Å². The Hall–Kier alpha value is -2.16. The van der Waals surface area contributed by atoms with Gasteiger partial charge in [-0.15, -0.1) is 0 Å². The van der Waals surface area contributed by atoms with Crippen molar-refractivity contribution in [1.82, 2.24) is 25.3 Å².